The Balaban J connectivity index is 1.73. The lowest BCUT2D eigenvalue weighted by Gasteiger charge is -2.24. The first-order valence-corrected chi connectivity index (χ1v) is 9.40. The average Bonchev–Trinajstić information content (AvgIpc) is 3.34. The van der Waals surface area contributed by atoms with Gasteiger partial charge in [0.05, 0.1) is 13.7 Å². The van der Waals surface area contributed by atoms with E-state index in [0.29, 0.717) is 17.9 Å². The number of carbonyl (C=O) groups is 3. The van der Waals surface area contributed by atoms with Crippen molar-refractivity contribution in [2.45, 2.75) is 6.54 Å². The summed E-state index contributed by atoms with van der Waals surface area (Å²) >= 11 is 4.98. The number of nitrogens with one attached hydrogen (secondary N) is 1. The predicted octanol–water partition coefficient (Wildman–Crippen LogP) is 2.33. The first-order chi connectivity index (χ1) is 14.4. The Hall–Kier alpha value is -3.72. The van der Waals surface area contributed by atoms with Crippen LogP contribution in [0.2, 0.25) is 0 Å². The van der Waals surface area contributed by atoms with Crippen molar-refractivity contribution in [3.63, 3.8) is 0 Å². The molecule has 2 aromatic heterocycles. The number of benzene rings is 1. The van der Waals surface area contributed by atoms with Crippen molar-refractivity contribution in [3.8, 4) is 0 Å². The molecule has 0 atom stereocenters. The molecule has 1 saturated heterocycles. The van der Waals surface area contributed by atoms with Gasteiger partial charge in [-0.3, -0.25) is 19.8 Å². The summed E-state index contributed by atoms with van der Waals surface area (Å²) in [5.74, 6) is -0.863. The number of fused-ring (bicyclic) bond motifs is 1. The van der Waals surface area contributed by atoms with Crippen LogP contribution < -0.4 is 5.32 Å². The zero-order valence-electron chi connectivity index (χ0n) is 16.2. The quantitative estimate of drug-likeness (QED) is 0.300. The molecule has 0 spiro atoms. The van der Waals surface area contributed by atoms with Gasteiger partial charge in [0.2, 0.25) is 5.76 Å². The minimum atomic E-state index is -0.548. The second-order valence-corrected chi connectivity index (χ2v) is 7.06. The van der Waals surface area contributed by atoms with Crippen molar-refractivity contribution < 1.29 is 23.5 Å². The van der Waals surface area contributed by atoms with Crippen LogP contribution in [0.4, 0.5) is 0 Å². The molecule has 0 unspecified atom stereocenters. The molecule has 3 aromatic rings. The number of hydrogen-bond donors (Lipinski definition) is 1. The molecular formula is C21H17N3O5S. The molecule has 8 nitrogen and oxygen atoms in total. The molecule has 1 aliphatic rings. The van der Waals surface area contributed by atoms with Crippen molar-refractivity contribution in [1.82, 2.24) is 14.8 Å². The monoisotopic (exact) mass is 423 g/mol. The Kier molecular flexibility index (Phi) is 4.96. The SMILES string of the molecule is COC(=O)c1ccc(Cn2cc(/C=C3\C(=O)NC(=S)N(C)C3=O)c3ccccc32)o1. The summed E-state index contributed by atoms with van der Waals surface area (Å²) in [6, 6.07) is 10.8. The van der Waals surface area contributed by atoms with E-state index in [4.69, 9.17) is 16.6 Å². The largest absolute Gasteiger partial charge is 0.463 e. The van der Waals surface area contributed by atoms with Crippen molar-refractivity contribution in [2.24, 2.45) is 0 Å². The standard InChI is InChI=1S/C21H17N3O5S/c1-23-19(26)15(18(25)22-21(23)30)9-12-10-24(16-6-4-3-5-14(12)16)11-13-7-8-17(29-13)20(27)28-2/h3-10H,11H2,1-2H3,(H,22,25,30)/b15-9+. The fourth-order valence-corrected chi connectivity index (χ4v) is 3.44. The normalized spacial score (nSPS) is 15.7. The van der Waals surface area contributed by atoms with Gasteiger partial charge in [0.15, 0.2) is 5.11 Å². The van der Waals surface area contributed by atoms with E-state index in [-0.39, 0.29) is 16.4 Å². The molecular weight excluding hydrogens is 406 g/mol. The van der Waals surface area contributed by atoms with Crippen molar-refractivity contribution in [1.29, 1.82) is 0 Å². The minimum Gasteiger partial charge on any atom is -0.463 e. The smallest absolute Gasteiger partial charge is 0.373 e. The Labute approximate surface area is 176 Å². The fourth-order valence-electron chi connectivity index (χ4n) is 3.26. The van der Waals surface area contributed by atoms with E-state index in [1.165, 1.54) is 19.1 Å². The maximum Gasteiger partial charge on any atom is 0.373 e. The topological polar surface area (TPSA) is 93.8 Å². The number of methoxy groups -OCH3 is 1. The van der Waals surface area contributed by atoms with Crippen molar-refractivity contribution in [3.05, 3.63) is 65.3 Å². The number of furan rings is 1. The maximum atomic E-state index is 12.5. The first-order valence-electron chi connectivity index (χ1n) is 8.99. The molecule has 3 heterocycles. The number of thiocarbonyl (C=S) groups is 1. The Bertz CT molecular complexity index is 1240. The summed E-state index contributed by atoms with van der Waals surface area (Å²) in [7, 11) is 2.80. The van der Waals surface area contributed by atoms with Gasteiger partial charge in [-0.15, -0.1) is 0 Å². The van der Waals surface area contributed by atoms with Crippen LogP contribution in [0, 0.1) is 0 Å². The third-order valence-corrected chi connectivity index (χ3v) is 5.17. The van der Waals surface area contributed by atoms with Crippen molar-refractivity contribution >= 4 is 52.1 Å². The van der Waals surface area contributed by atoms with Gasteiger partial charge in [-0.2, -0.15) is 0 Å². The van der Waals surface area contributed by atoms with Crippen LogP contribution in [0.5, 0.6) is 0 Å². The summed E-state index contributed by atoms with van der Waals surface area (Å²) in [5.41, 5.74) is 1.58. The second-order valence-electron chi connectivity index (χ2n) is 6.67. The highest BCUT2D eigenvalue weighted by Crippen LogP contribution is 2.26. The van der Waals surface area contributed by atoms with Crippen LogP contribution >= 0.6 is 12.2 Å². The molecule has 0 aliphatic carbocycles. The fraction of sp³-hybridized carbons (Fsp3) is 0.143. The van der Waals surface area contributed by atoms with Crippen LogP contribution in [0.3, 0.4) is 0 Å². The van der Waals surface area contributed by atoms with E-state index in [1.54, 1.807) is 18.2 Å². The number of nitrogens with zero attached hydrogens (tertiary/aromatic N) is 2. The number of carbonyl (C=O) groups excluding carboxylic acids is 3. The molecule has 9 heteroatoms. The van der Waals surface area contributed by atoms with Gasteiger partial charge in [0.1, 0.15) is 11.3 Å². The Morgan fingerprint density at radius 3 is 2.77 bits per heavy atom. The molecule has 0 bridgehead atoms. The molecule has 1 N–H and O–H groups in total. The van der Waals surface area contributed by atoms with E-state index in [0.717, 1.165) is 10.9 Å². The lowest BCUT2D eigenvalue weighted by Crippen LogP contribution is -2.52. The van der Waals surface area contributed by atoms with Crippen LogP contribution in [-0.4, -0.2) is 46.5 Å². The zero-order valence-corrected chi connectivity index (χ0v) is 17.0. The van der Waals surface area contributed by atoms with Gasteiger partial charge in [-0.25, -0.2) is 4.79 Å². The lowest BCUT2D eigenvalue weighted by molar-refractivity contribution is -0.128. The number of amides is 2. The van der Waals surface area contributed by atoms with Crippen LogP contribution in [0.1, 0.15) is 21.9 Å². The van der Waals surface area contributed by atoms with Gasteiger partial charge in [0.25, 0.3) is 11.8 Å². The van der Waals surface area contributed by atoms with Gasteiger partial charge in [0, 0.05) is 29.7 Å². The number of likely N-dealkylation sites (N-methyl/N-ethyl adjacent to an activating group) is 1. The first kappa shape index (κ1) is 19.6. The maximum absolute atomic E-state index is 12.5. The highest BCUT2D eigenvalue weighted by atomic mass is 32.1. The molecule has 1 aromatic carbocycles. The summed E-state index contributed by atoms with van der Waals surface area (Å²) < 4.78 is 12.1. The molecule has 1 aliphatic heterocycles. The highest BCUT2D eigenvalue weighted by molar-refractivity contribution is 7.80. The van der Waals surface area contributed by atoms with Gasteiger partial charge in [-0.1, -0.05) is 18.2 Å². The van der Waals surface area contributed by atoms with E-state index in [9.17, 15) is 14.4 Å². The number of hydrogen-bond acceptors (Lipinski definition) is 6. The molecule has 1 fully saturated rings. The Morgan fingerprint density at radius 1 is 1.23 bits per heavy atom. The summed E-state index contributed by atoms with van der Waals surface area (Å²) in [4.78, 5) is 37.7. The van der Waals surface area contributed by atoms with E-state index in [2.05, 4.69) is 10.1 Å². The molecule has 0 radical (unpaired) electrons. The Morgan fingerprint density at radius 2 is 2.00 bits per heavy atom. The molecule has 152 valence electrons. The molecule has 4 rings (SSSR count). The van der Waals surface area contributed by atoms with Gasteiger partial charge >= 0.3 is 5.97 Å². The molecule has 30 heavy (non-hydrogen) atoms. The van der Waals surface area contributed by atoms with E-state index in [1.807, 2.05) is 35.0 Å². The van der Waals surface area contributed by atoms with Gasteiger partial charge in [-0.05, 0) is 36.5 Å². The molecule has 2 amide bonds. The summed E-state index contributed by atoms with van der Waals surface area (Å²) in [6.07, 6.45) is 3.38. The van der Waals surface area contributed by atoms with Gasteiger partial charge < -0.3 is 13.7 Å². The zero-order chi connectivity index (χ0) is 21.4. The molecule has 0 saturated carbocycles. The van der Waals surface area contributed by atoms with Crippen LogP contribution in [0.15, 0.2) is 52.6 Å². The minimum absolute atomic E-state index is 0.0000193. The highest BCUT2D eigenvalue weighted by Gasteiger charge is 2.31. The van der Waals surface area contributed by atoms with Crippen molar-refractivity contribution in [2.75, 3.05) is 14.2 Å². The number of para-hydroxylation sites is 1. The summed E-state index contributed by atoms with van der Waals surface area (Å²) in [5, 5.41) is 3.44. The number of aromatic nitrogens is 1. The number of esters is 1. The second kappa shape index (κ2) is 7.60. The number of rotatable bonds is 4. The predicted molar refractivity (Wildman–Crippen MR) is 113 cm³/mol. The van der Waals surface area contributed by atoms with Crippen LogP contribution in [0.25, 0.3) is 17.0 Å². The summed E-state index contributed by atoms with van der Waals surface area (Å²) in [6.45, 7) is 0.352. The third-order valence-electron chi connectivity index (χ3n) is 4.80. The van der Waals surface area contributed by atoms with E-state index < -0.39 is 17.8 Å². The average molecular weight is 423 g/mol. The van der Waals surface area contributed by atoms with Crippen LogP contribution in [-0.2, 0) is 20.9 Å². The lowest BCUT2D eigenvalue weighted by atomic mass is 10.1. The third kappa shape index (κ3) is 3.39. The number of ether oxygens (including phenoxy) is 1. The van der Waals surface area contributed by atoms with E-state index >= 15 is 0 Å².